The van der Waals surface area contributed by atoms with E-state index in [9.17, 15) is 13.2 Å². The molecule has 7 heteroatoms. The van der Waals surface area contributed by atoms with Crippen LogP contribution in [-0.2, 0) is 10.0 Å². The van der Waals surface area contributed by atoms with Crippen LogP contribution in [0.2, 0.25) is 0 Å². The molecule has 134 valence electrons. The number of benzene rings is 2. The van der Waals surface area contributed by atoms with Crippen molar-refractivity contribution in [1.29, 1.82) is 0 Å². The molecule has 0 aliphatic rings. The second kappa shape index (κ2) is 8.60. The molecule has 0 spiro atoms. The number of hydrogen-bond acceptors (Lipinski definition) is 3. The molecule has 0 aliphatic carbocycles. The molecule has 1 unspecified atom stereocenters. The Morgan fingerprint density at radius 2 is 1.64 bits per heavy atom. The molecule has 0 saturated carbocycles. The summed E-state index contributed by atoms with van der Waals surface area (Å²) in [6.07, 6.45) is 0.750. The van der Waals surface area contributed by atoms with E-state index in [-0.39, 0.29) is 16.8 Å². The number of carbonyl (C=O) groups is 1. The van der Waals surface area contributed by atoms with Gasteiger partial charge >= 0.3 is 0 Å². The summed E-state index contributed by atoms with van der Waals surface area (Å²) in [6, 6.07) is 13.6. The number of rotatable bonds is 7. The molecule has 1 atom stereocenters. The molecule has 2 rings (SSSR count). The molecule has 2 N–H and O–H groups in total. The van der Waals surface area contributed by atoms with E-state index in [1.54, 1.807) is 6.92 Å². The molecular weight excluding hydrogens is 404 g/mol. The molecule has 0 fully saturated rings. The van der Waals surface area contributed by atoms with Gasteiger partial charge in [0, 0.05) is 16.6 Å². The maximum Gasteiger partial charge on any atom is 0.251 e. The lowest BCUT2D eigenvalue weighted by Crippen LogP contribution is -2.28. The minimum absolute atomic E-state index is 0.106. The number of hydrogen-bond donors (Lipinski definition) is 2. The van der Waals surface area contributed by atoms with Crippen molar-refractivity contribution in [1.82, 2.24) is 10.0 Å². The Hall–Kier alpha value is -1.70. The molecule has 0 aliphatic heterocycles. The molecule has 2 aromatic rings. The van der Waals surface area contributed by atoms with Gasteiger partial charge in [-0.1, -0.05) is 41.9 Å². The number of carbonyl (C=O) groups excluding carboxylic acids is 1. The maximum atomic E-state index is 12.5. The number of nitrogens with one attached hydrogen (secondary N) is 2. The average molecular weight is 425 g/mol. The first-order chi connectivity index (χ1) is 11.9. The van der Waals surface area contributed by atoms with Gasteiger partial charge in [-0.3, -0.25) is 4.79 Å². The van der Waals surface area contributed by atoms with Crippen molar-refractivity contribution < 1.29 is 13.2 Å². The molecule has 0 bridgehead atoms. The van der Waals surface area contributed by atoms with E-state index >= 15 is 0 Å². The van der Waals surface area contributed by atoms with Crippen LogP contribution in [0.5, 0.6) is 0 Å². The van der Waals surface area contributed by atoms with Gasteiger partial charge in [0.05, 0.1) is 10.9 Å². The van der Waals surface area contributed by atoms with Gasteiger partial charge in [-0.15, -0.1) is 0 Å². The van der Waals surface area contributed by atoms with Crippen molar-refractivity contribution in [3.05, 3.63) is 64.1 Å². The van der Waals surface area contributed by atoms with Crippen LogP contribution in [0.25, 0.3) is 0 Å². The lowest BCUT2D eigenvalue weighted by molar-refractivity contribution is 0.0935. The monoisotopic (exact) mass is 424 g/mol. The molecule has 5 nitrogen and oxygen atoms in total. The van der Waals surface area contributed by atoms with Gasteiger partial charge in [-0.25, -0.2) is 13.1 Å². The lowest BCUT2D eigenvalue weighted by Gasteiger charge is -2.18. The Labute approximate surface area is 157 Å². The van der Waals surface area contributed by atoms with Gasteiger partial charge in [-0.05, 0) is 48.4 Å². The minimum atomic E-state index is -3.51. The SMILES string of the molecule is CCNS(=O)(=O)c1ccc(C(=O)NC(CC)c2ccc(Br)cc2)cc1. The van der Waals surface area contributed by atoms with Crippen molar-refractivity contribution in [3.63, 3.8) is 0 Å². The predicted octanol–water partition coefficient (Wildman–Crippen LogP) is 3.63. The van der Waals surface area contributed by atoms with Gasteiger partial charge in [0.25, 0.3) is 5.91 Å². The van der Waals surface area contributed by atoms with Gasteiger partial charge in [0.1, 0.15) is 0 Å². The van der Waals surface area contributed by atoms with Crippen LogP contribution in [0, 0.1) is 0 Å². The molecule has 0 heterocycles. The van der Waals surface area contributed by atoms with Crippen molar-refractivity contribution in [2.45, 2.75) is 31.2 Å². The van der Waals surface area contributed by atoms with Crippen molar-refractivity contribution in [2.75, 3.05) is 6.54 Å². The summed E-state index contributed by atoms with van der Waals surface area (Å²) in [7, 11) is -3.51. The van der Waals surface area contributed by atoms with Crippen molar-refractivity contribution in [2.24, 2.45) is 0 Å². The fourth-order valence-electron chi connectivity index (χ4n) is 2.42. The zero-order chi connectivity index (χ0) is 18.4. The van der Waals surface area contributed by atoms with Crippen LogP contribution < -0.4 is 10.0 Å². The number of sulfonamides is 1. The standard InChI is InChI=1S/C18H21BrN2O3S/c1-3-17(13-5-9-15(19)10-6-13)21-18(22)14-7-11-16(12-8-14)25(23,24)20-4-2/h5-12,17,20H,3-4H2,1-2H3,(H,21,22). The van der Waals surface area contributed by atoms with Crippen LogP contribution in [0.3, 0.4) is 0 Å². The summed E-state index contributed by atoms with van der Waals surface area (Å²) in [5, 5.41) is 2.98. The van der Waals surface area contributed by atoms with Gasteiger partial charge in [0.2, 0.25) is 10.0 Å². The average Bonchev–Trinajstić information content (AvgIpc) is 2.60. The van der Waals surface area contributed by atoms with Gasteiger partial charge in [-0.2, -0.15) is 0 Å². The highest BCUT2D eigenvalue weighted by Crippen LogP contribution is 2.20. The quantitative estimate of drug-likeness (QED) is 0.712. The number of halogens is 1. The van der Waals surface area contributed by atoms with E-state index in [0.29, 0.717) is 12.1 Å². The largest absolute Gasteiger partial charge is 0.345 e. The van der Waals surface area contributed by atoms with E-state index in [2.05, 4.69) is 26.0 Å². The lowest BCUT2D eigenvalue weighted by atomic mass is 10.0. The van der Waals surface area contributed by atoms with Crippen LogP contribution in [0.15, 0.2) is 57.9 Å². The van der Waals surface area contributed by atoms with Gasteiger partial charge in [0.15, 0.2) is 0 Å². The smallest absolute Gasteiger partial charge is 0.251 e. The Morgan fingerprint density at radius 1 is 1.04 bits per heavy atom. The van der Waals surface area contributed by atoms with Crippen LogP contribution >= 0.6 is 15.9 Å². The summed E-state index contributed by atoms with van der Waals surface area (Å²) in [4.78, 5) is 12.6. The summed E-state index contributed by atoms with van der Waals surface area (Å²) >= 11 is 3.40. The summed E-state index contributed by atoms with van der Waals surface area (Å²) in [5.74, 6) is -0.234. The molecular formula is C18H21BrN2O3S. The predicted molar refractivity (Wildman–Crippen MR) is 102 cm³/mol. The zero-order valence-corrected chi connectivity index (χ0v) is 16.5. The second-order valence-electron chi connectivity index (χ2n) is 5.51. The third kappa shape index (κ3) is 5.14. The third-order valence-electron chi connectivity index (χ3n) is 3.75. The van der Waals surface area contributed by atoms with Crippen LogP contribution in [-0.4, -0.2) is 20.9 Å². The molecule has 25 heavy (non-hydrogen) atoms. The highest BCUT2D eigenvalue weighted by Gasteiger charge is 2.16. The summed E-state index contributed by atoms with van der Waals surface area (Å²) < 4.78 is 27.3. The Morgan fingerprint density at radius 3 is 2.16 bits per heavy atom. The third-order valence-corrected chi connectivity index (χ3v) is 5.84. The van der Waals surface area contributed by atoms with E-state index in [1.807, 2.05) is 31.2 Å². The number of amides is 1. The van der Waals surface area contributed by atoms with Crippen molar-refractivity contribution >= 4 is 31.9 Å². The molecule has 1 amide bonds. The first-order valence-corrected chi connectivity index (χ1v) is 10.3. The maximum absolute atomic E-state index is 12.5. The van der Waals surface area contributed by atoms with Crippen molar-refractivity contribution in [3.8, 4) is 0 Å². The Bertz CT molecular complexity index is 818. The first kappa shape index (κ1) is 19.6. The Kier molecular flexibility index (Phi) is 6.75. The fourth-order valence-corrected chi connectivity index (χ4v) is 3.72. The van der Waals surface area contributed by atoms with Crippen LogP contribution in [0.4, 0.5) is 0 Å². The molecule has 2 aromatic carbocycles. The van der Waals surface area contributed by atoms with E-state index in [1.165, 1.54) is 24.3 Å². The summed E-state index contributed by atoms with van der Waals surface area (Å²) in [5.41, 5.74) is 1.44. The first-order valence-electron chi connectivity index (χ1n) is 8.03. The van der Waals surface area contributed by atoms with E-state index in [4.69, 9.17) is 0 Å². The van der Waals surface area contributed by atoms with E-state index < -0.39 is 10.0 Å². The fraction of sp³-hybridized carbons (Fsp3) is 0.278. The normalized spacial score (nSPS) is 12.6. The zero-order valence-electron chi connectivity index (χ0n) is 14.1. The topological polar surface area (TPSA) is 75.3 Å². The molecule has 0 saturated heterocycles. The minimum Gasteiger partial charge on any atom is -0.345 e. The molecule has 0 radical (unpaired) electrons. The molecule has 0 aromatic heterocycles. The van der Waals surface area contributed by atoms with Gasteiger partial charge < -0.3 is 5.32 Å². The summed E-state index contributed by atoms with van der Waals surface area (Å²) in [6.45, 7) is 4.03. The second-order valence-corrected chi connectivity index (χ2v) is 8.19. The highest BCUT2D eigenvalue weighted by molar-refractivity contribution is 9.10. The Balaban J connectivity index is 2.13. The highest BCUT2D eigenvalue weighted by atomic mass is 79.9. The van der Waals surface area contributed by atoms with E-state index in [0.717, 1.165) is 16.5 Å². The van der Waals surface area contributed by atoms with Crippen LogP contribution in [0.1, 0.15) is 42.2 Å².